The molecule has 0 saturated carbocycles. The van der Waals surface area contributed by atoms with Gasteiger partial charge in [-0.15, -0.1) is 0 Å². The molecule has 7 heteroatoms. The molecule has 0 amide bonds. The minimum Gasteiger partial charge on any atom is -0.489 e. The number of ether oxygens (including phenoxy) is 1. The van der Waals surface area contributed by atoms with Gasteiger partial charge in [0, 0.05) is 5.56 Å². The lowest BCUT2D eigenvalue weighted by molar-refractivity contribution is 0.0888. The number of H-pyrrole nitrogens is 1. The van der Waals surface area contributed by atoms with E-state index in [0.29, 0.717) is 11.3 Å². The molecule has 3 aromatic rings. The average molecular weight is 339 g/mol. The molecular weight excluding hydrogens is 325 g/mol. The normalized spacial score (nSPS) is 10.4. The molecule has 1 N–H and O–H groups in total. The maximum absolute atomic E-state index is 12.8. The highest BCUT2D eigenvalue weighted by Gasteiger charge is 2.15. The average Bonchev–Trinajstić information content (AvgIpc) is 3.16. The summed E-state index contributed by atoms with van der Waals surface area (Å²) in [6.07, 6.45) is 0.927. The summed E-state index contributed by atoms with van der Waals surface area (Å²) in [6, 6.07) is 12.5. The number of ketones is 2. The van der Waals surface area contributed by atoms with Gasteiger partial charge in [-0.05, 0) is 42.0 Å². The number of nitrogens with one attached hydrogen (secondary N) is 1. The van der Waals surface area contributed by atoms with E-state index in [-0.39, 0.29) is 30.5 Å². The van der Waals surface area contributed by atoms with Gasteiger partial charge < -0.3 is 4.74 Å². The first kappa shape index (κ1) is 16.5. The van der Waals surface area contributed by atoms with Gasteiger partial charge in [0.1, 0.15) is 24.5 Å². The third-order valence-electron chi connectivity index (χ3n) is 3.50. The Balaban J connectivity index is 1.57. The molecule has 3 rings (SSSR count). The number of carbonyl (C=O) groups excluding carboxylic acids is 2. The predicted molar refractivity (Wildman–Crippen MR) is 86.8 cm³/mol. The lowest BCUT2D eigenvalue weighted by Gasteiger charge is -2.07. The number of aromatic amines is 1. The van der Waals surface area contributed by atoms with E-state index in [1.165, 1.54) is 18.5 Å². The molecule has 6 nitrogen and oxygen atoms in total. The second-order valence-corrected chi connectivity index (χ2v) is 5.30. The number of hydrogen-bond acceptors (Lipinski definition) is 5. The molecule has 0 aliphatic carbocycles. The van der Waals surface area contributed by atoms with Gasteiger partial charge in [-0.1, -0.05) is 12.1 Å². The number of Topliss-reactive ketones (excluding diaryl/α,β-unsaturated/α-hetero) is 2. The van der Waals surface area contributed by atoms with Crippen molar-refractivity contribution in [3.05, 3.63) is 77.6 Å². The highest BCUT2D eigenvalue weighted by Crippen LogP contribution is 2.16. The first-order chi connectivity index (χ1) is 12.1. The number of rotatable bonds is 7. The Kier molecular flexibility index (Phi) is 4.94. The fraction of sp³-hybridized carbons (Fsp3) is 0.111. The molecule has 126 valence electrons. The molecule has 0 bridgehead atoms. The minimum atomic E-state index is -0.417. The van der Waals surface area contributed by atoms with Crippen LogP contribution in [0.4, 0.5) is 4.39 Å². The van der Waals surface area contributed by atoms with E-state index in [1.807, 2.05) is 0 Å². The number of benzene rings is 2. The van der Waals surface area contributed by atoms with Crippen LogP contribution in [0, 0.1) is 5.82 Å². The van der Waals surface area contributed by atoms with Crippen molar-refractivity contribution >= 4 is 11.6 Å². The third kappa shape index (κ3) is 4.35. The molecule has 1 heterocycles. The first-order valence-electron chi connectivity index (χ1n) is 7.51. The van der Waals surface area contributed by atoms with E-state index < -0.39 is 5.78 Å². The summed E-state index contributed by atoms with van der Waals surface area (Å²) in [7, 11) is 0. The molecule has 0 fully saturated rings. The Morgan fingerprint density at radius 3 is 2.36 bits per heavy atom. The summed E-state index contributed by atoms with van der Waals surface area (Å²) < 4.78 is 18.4. The van der Waals surface area contributed by atoms with Crippen molar-refractivity contribution in [2.24, 2.45) is 0 Å². The van der Waals surface area contributed by atoms with Crippen LogP contribution in [0.15, 0.2) is 54.9 Å². The van der Waals surface area contributed by atoms with Gasteiger partial charge in [0.25, 0.3) is 0 Å². The molecule has 0 radical (unpaired) electrons. The molecule has 0 aliphatic rings. The van der Waals surface area contributed by atoms with E-state index >= 15 is 0 Å². The fourth-order valence-electron chi connectivity index (χ4n) is 2.16. The van der Waals surface area contributed by atoms with Gasteiger partial charge in [0.15, 0.2) is 11.6 Å². The molecule has 2 aromatic carbocycles. The Morgan fingerprint density at radius 1 is 1.00 bits per heavy atom. The standard InChI is InChI=1S/C18H14FN3O3/c19-14-5-1-12(2-6-14)10-25-15-7-3-13(4-8-15)16(23)9-17(24)18-20-11-21-22-18/h1-8,11H,9-10H2,(H,20,21,22). The molecule has 0 aliphatic heterocycles. The maximum Gasteiger partial charge on any atom is 0.207 e. The fourth-order valence-corrected chi connectivity index (χ4v) is 2.16. The van der Waals surface area contributed by atoms with E-state index in [2.05, 4.69) is 15.2 Å². The number of carbonyl (C=O) groups is 2. The van der Waals surface area contributed by atoms with Gasteiger partial charge in [-0.2, -0.15) is 5.10 Å². The largest absolute Gasteiger partial charge is 0.489 e. The zero-order valence-electron chi connectivity index (χ0n) is 13.1. The van der Waals surface area contributed by atoms with Crippen molar-refractivity contribution in [3.63, 3.8) is 0 Å². The summed E-state index contributed by atoms with van der Waals surface area (Å²) in [5, 5.41) is 6.01. The summed E-state index contributed by atoms with van der Waals surface area (Å²) in [6.45, 7) is 0.289. The van der Waals surface area contributed by atoms with Crippen molar-refractivity contribution in [1.29, 1.82) is 0 Å². The topological polar surface area (TPSA) is 84.9 Å². The van der Waals surface area contributed by atoms with E-state index in [4.69, 9.17) is 4.74 Å². The summed E-state index contributed by atoms with van der Waals surface area (Å²) >= 11 is 0. The van der Waals surface area contributed by atoms with Crippen molar-refractivity contribution in [2.45, 2.75) is 13.0 Å². The van der Waals surface area contributed by atoms with Gasteiger partial charge >= 0.3 is 0 Å². The Bertz CT molecular complexity index is 860. The van der Waals surface area contributed by atoms with Crippen molar-refractivity contribution in [3.8, 4) is 5.75 Å². The third-order valence-corrected chi connectivity index (χ3v) is 3.50. The van der Waals surface area contributed by atoms with Crippen LogP contribution in [-0.2, 0) is 6.61 Å². The summed E-state index contributed by atoms with van der Waals surface area (Å²) in [4.78, 5) is 27.7. The Labute approximate surface area is 142 Å². The van der Waals surface area contributed by atoms with Crippen molar-refractivity contribution in [1.82, 2.24) is 15.2 Å². The zero-order valence-corrected chi connectivity index (χ0v) is 13.1. The van der Waals surface area contributed by atoms with E-state index in [1.54, 1.807) is 36.4 Å². The van der Waals surface area contributed by atoms with Crippen LogP contribution in [0.3, 0.4) is 0 Å². The maximum atomic E-state index is 12.8. The number of aromatic nitrogens is 3. The van der Waals surface area contributed by atoms with Crippen LogP contribution in [0.5, 0.6) is 5.75 Å². The van der Waals surface area contributed by atoms with Crippen LogP contribution >= 0.6 is 0 Å². The summed E-state index contributed by atoms with van der Waals surface area (Å²) in [5.41, 5.74) is 1.24. The highest BCUT2D eigenvalue weighted by molar-refractivity contribution is 6.12. The van der Waals surface area contributed by atoms with Crippen LogP contribution in [0.2, 0.25) is 0 Å². The monoisotopic (exact) mass is 339 g/mol. The van der Waals surface area contributed by atoms with E-state index in [9.17, 15) is 14.0 Å². The molecule has 0 atom stereocenters. The second kappa shape index (κ2) is 7.48. The number of halogens is 1. The molecule has 0 saturated heterocycles. The summed E-state index contributed by atoms with van der Waals surface area (Å²) in [5.74, 6) is -0.396. The number of nitrogens with zero attached hydrogens (tertiary/aromatic N) is 2. The van der Waals surface area contributed by atoms with Gasteiger partial charge in [-0.25, -0.2) is 9.37 Å². The smallest absolute Gasteiger partial charge is 0.207 e. The molecule has 25 heavy (non-hydrogen) atoms. The van der Waals surface area contributed by atoms with Gasteiger partial charge in [0.2, 0.25) is 5.78 Å². The van der Waals surface area contributed by atoms with E-state index in [0.717, 1.165) is 5.56 Å². The van der Waals surface area contributed by atoms with Crippen LogP contribution in [0.25, 0.3) is 0 Å². The Morgan fingerprint density at radius 2 is 1.72 bits per heavy atom. The van der Waals surface area contributed by atoms with Gasteiger partial charge in [-0.3, -0.25) is 14.7 Å². The first-order valence-corrected chi connectivity index (χ1v) is 7.51. The van der Waals surface area contributed by atoms with Crippen molar-refractivity contribution in [2.75, 3.05) is 0 Å². The van der Waals surface area contributed by atoms with Crippen LogP contribution in [-0.4, -0.2) is 26.7 Å². The van der Waals surface area contributed by atoms with Crippen LogP contribution < -0.4 is 4.74 Å². The molecular formula is C18H14FN3O3. The quantitative estimate of drug-likeness (QED) is 0.528. The van der Waals surface area contributed by atoms with Crippen LogP contribution in [0.1, 0.15) is 33.0 Å². The molecule has 0 spiro atoms. The minimum absolute atomic E-state index is 0.0626. The molecule has 0 unspecified atom stereocenters. The lowest BCUT2D eigenvalue weighted by atomic mass is 10.1. The SMILES string of the molecule is O=C(CC(=O)c1ncn[nH]1)c1ccc(OCc2ccc(F)cc2)cc1. The lowest BCUT2D eigenvalue weighted by Crippen LogP contribution is -2.10. The van der Waals surface area contributed by atoms with Crippen molar-refractivity contribution < 1.29 is 18.7 Å². The molecule has 1 aromatic heterocycles. The Hall–Kier alpha value is -3.35. The highest BCUT2D eigenvalue weighted by atomic mass is 19.1. The van der Waals surface area contributed by atoms with Gasteiger partial charge in [0.05, 0.1) is 6.42 Å². The zero-order chi connectivity index (χ0) is 17.6. The second-order valence-electron chi connectivity index (χ2n) is 5.30. The predicted octanol–water partition coefficient (Wildman–Crippen LogP) is 2.98. The number of hydrogen-bond donors (Lipinski definition) is 1.